The molecular formula is C16H14N2O7S2. The zero-order valence-electron chi connectivity index (χ0n) is 13.5. The van der Waals surface area contributed by atoms with Crippen molar-refractivity contribution in [3.05, 3.63) is 48.5 Å². The first-order valence-corrected chi connectivity index (χ1v) is 10.3. The summed E-state index contributed by atoms with van der Waals surface area (Å²) in [5.74, 6) is -0.691. The third-order valence-corrected chi connectivity index (χ3v) is 5.52. The molecule has 0 spiro atoms. The molecule has 0 saturated heterocycles. The van der Waals surface area contributed by atoms with Gasteiger partial charge < -0.3 is 15.5 Å². The zero-order chi connectivity index (χ0) is 20.0. The van der Waals surface area contributed by atoms with Gasteiger partial charge in [0.15, 0.2) is 0 Å². The number of hydrogen-bond acceptors (Lipinski definition) is 7. The Labute approximate surface area is 154 Å². The molecule has 0 bridgehead atoms. The van der Waals surface area contributed by atoms with Gasteiger partial charge in [0.1, 0.15) is 11.5 Å². The topological polar surface area (TPSA) is 167 Å². The summed E-state index contributed by atoms with van der Waals surface area (Å²) in [5.41, 5.74) is 0.588. The van der Waals surface area contributed by atoms with Crippen molar-refractivity contribution in [3.63, 3.8) is 0 Å². The molecular weight excluding hydrogens is 396 g/mol. The lowest BCUT2D eigenvalue weighted by atomic mass is 10.1. The van der Waals surface area contributed by atoms with Gasteiger partial charge in [-0.15, -0.1) is 0 Å². The van der Waals surface area contributed by atoms with Crippen molar-refractivity contribution in [2.45, 2.75) is 9.79 Å². The quantitative estimate of drug-likeness (QED) is 0.321. The number of aromatic hydroxyl groups is 2. The number of nitrogens with two attached hydrogens (primary N) is 1. The second-order valence-electron chi connectivity index (χ2n) is 5.70. The highest BCUT2D eigenvalue weighted by Crippen LogP contribution is 2.33. The van der Waals surface area contributed by atoms with E-state index in [9.17, 15) is 27.0 Å². The number of nitrogens with one attached hydrogen (secondary N) is 1. The van der Waals surface area contributed by atoms with Crippen LogP contribution in [-0.2, 0) is 20.1 Å². The Morgan fingerprint density at radius 3 is 2.07 bits per heavy atom. The SMILES string of the molecule is NS(=O)(=O)c1ccc(Nc2ccc3c(O)cc(S(=O)(=O)O)cc3c2)c(O)c1. The van der Waals surface area contributed by atoms with Crippen LogP contribution in [0.3, 0.4) is 0 Å². The highest BCUT2D eigenvalue weighted by molar-refractivity contribution is 7.89. The van der Waals surface area contributed by atoms with Gasteiger partial charge in [-0.05, 0) is 41.8 Å². The third-order valence-electron chi connectivity index (χ3n) is 3.78. The molecule has 0 radical (unpaired) electrons. The van der Waals surface area contributed by atoms with Crippen LogP contribution in [0.5, 0.6) is 11.5 Å². The molecule has 0 unspecified atom stereocenters. The first-order valence-electron chi connectivity index (χ1n) is 7.32. The molecule has 0 aliphatic carbocycles. The Kier molecular flexibility index (Phi) is 4.48. The molecule has 0 aromatic heterocycles. The van der Waals surface area contributed by atoms with Crippen LogP contribution in [0.15, 0.2) is 58.3 Å². The minimum Gasteiger partial charge on any atom is -0.507 e. The average molecular weight is 410 g/mol. The molecule has 0 saturated carbocycles. The largest absolute Gasteiger partial charge is 0.507 e. The average Bonchev–Trinajstić information content (AvgIpc) is 2.54. The van der Waals surface area contributed by atoms with Crippen LogP contribution >= 0.6 is 0 Å². The fourth-order valence-electron chi connectivity index (χ4n) is 2.50. The Morgan fingerprint density at radius 1 is 0.815 bits per heavy atom. The van der Waals surface area contributed by atoms with Crippen LogP contribution in [-0.4, -0.2) is 31.6 Å². The van der Waals surface area contributed by atoms with Gasteiger partial charge >= 0.3 is 0 Å². The maximum absolute atomic E-state index is 11.3. The third kappa shape index (κ3) is 3.95. The van der Waals surface area contributed by atoms with E-state index in [0.29, 0.717) is 16.5 Å². The normalized spacial score (nSPS) is 12.2. The number of sulfonamides is 1. The molecule has 27 heavy (non-hydrogen) atoms. The van der Waals surface area contributed by atoms with E-state index in [4.69, 9.17) is 9.69 Å². The Hall–Kier alpha value is -2.86. The number of primary sulfonamides is 1. The summed E-state index contributed by atoms with van der Waals surface area (Å²) < 4.78 is 54.4. The van der Waals surface area contributed by atoms with Gasteiger partial charge in [-0.3, -0.25) is 4.55 Å². The second-order valence-corrected chi connectivity index (χ2v) is 8.69. The molecule has 9 nitrogen and oxygen atoms in total. The van der Waals surface area contributed by atoms with E-state index in [0.717, 1.165) is 12.1 Å². The molecule has 0 aliphatic heterocycles. The predicted molar refractivity (Wildman–Crippen MR) is 98.2 cm³/mol. The number of phenolic OH excluding ortho intramolecular Hbond substituents is 2. The van der Waals surface area contributed by atoms with Crippen molar-refractivity contribution in [1.29, 1.82) is 0 Å². The van der Waals surface area contributed by atoms with Gasteiger partial charge in [0.2, 0.25) is 10.0 Å². The van der Waals surface area contributed by atoms with Crippen LogP contribution in [0, 0.1) is 0 Å². The van der Waals surface area contributed by atoms with E-state index in [2.05, 4.69) is 5.32 Å². The summed E-state index contributed by atoms with van der Waals surface area (Å²) in [5, 5.41) is 28.4. The highest BCUT2D eigenvalue weighted by Gasteiger charge is 2.14. The van der Waals surface area contributed by atoms with Crippen LogP contribution in [0.4, 0.5) is 11.4 Å². The van der Waals surface area contributed by atoms with Gasteiger partial charge in [-0.25, -0.2) is 13.6 Å². The lowest BCUT2D eigenvalue weighted by Gasteiger charge is -2.11. The van der Waals surface area contributed by atoms with Crippen molar-refractivity contribution in [1.82, 2.24) is 0 Å². The van der Waals surface area contributed by atoms with Gasteiger partial charge in [-0.1, -0.05) is 0 Å². The lowest BCUT2D eigenvalue weighted by molar-refractivity contribution is 0.471. The van der Waals surface area contributed by atoms with Crippen LogP contribution in [0.1, 0.15) is 0 Å². The fraction of sp³-hybridized carbons (Fsp3) is 0. The van der Waals surface area contributed by atoms with Gasteiger partial charge in [0, 0.05) is 23.2 Å². The lowest BCUT2D eigenvalue weighted by Crippen LogP contribution is -2.11. The Bertz CT molecular complexity index is 1270. The number of anilines is 2. The zero-order valence-corrected chi connectivity index (χ0v) is 15.1. The summed E-state index contributed by atoms with van der Waals surface area (Å²) in [7, 11) is -8.47. The van der Waals surface area contributed by atoms with Crippen molar-refractivity contribution in [3.8, 4) is 11.5 Å². The van der Waals surface area contributed by atoms with E-state index < -0.39 is 25.0 Å². The van der Waals surface area contributed by atoms with E-state index >= 15 is 0 Å². The summed E-state index contributed by atoms with van der Waals surface area (Å²) >= 11 is 0. The van der Waals surface area contributed by atoms with Crippen LogP contribution in [0.25, 0.3) is 10.8 Å². The molecule has 142 valence electrons. The Balaban J connectivity index is 2.03. The molecule has 0 aliphatic rings. The minimum absolute atomic E-state index is 0.178. The summed E-state index contributed by atoms with van der Waals surface area (Å²) in [6, 6.07) is 10.2. The van der Waals surface area contributed by atoms with E-state index in [1.165, 1.54) is 30.3 Å². The second kappa shape index (κ2) is 6.39. The first-order chi connectivity index (χ1) is 12.4. The highest BCUT2D eigenvalue weighted by atomic mass is 32.2. The minimum atomic E-state index is -4.50. The molecule has 0 fully saturated rings. The number of phenols is 2. The molecule has 3 aromatic carbocycles. The van der Waals surface area contributed by atoms with Gasteiger partial charge in [0.25, 0.3) is 10.1 Å². The fourth-order valence-corrected chi connectivity index (χ4v) is 3.57. The number of hydrogen-bond donors (Lipinski definition) is 5. The molecule has 3 aromatic rings. The van der Waals surface area contributed by atoms with E-state index in [1.807, 2.05) is 0 Å². The summed E-state index contributed by atoms with van der Waals surface area (Å²) in [6.45, 7) is 0. The smallest absolute Gasteiger partial charge is 0.294 e. The summed E-state index contributed by atoms with van der Waals surface area (Å²) in [4.78, 5) is -0.725. The molecule has 0 heterocycles. The number of benzene rings is 3. The van der Waals surface area contributed by atoms with Crippen molar-refractivity contribution >= 4 is 42.3 Å². The molecule has 11 heteroatoms. The predicted octanol–water partition coefficient (Wildman–Crippen LogP) is 1.89. The van der Waals surface area contributed by atoms with Crippen molar-refractivity contribution < 1.29 is 31.6 Å². The van der Waals surface area contributed by atoms with Crippen molar-refractivity contribution in [2.75, 3.05) is 5.32 Å². The number of rotatable bonds is 4. The molecule has 3 rings (SSSR count). The van der Waals surface area contributed by atoms with Crippen LogP contribution in [0.2, 0.25) is 0 Å². The van der Waals surface area contributed by atoms with Crippen molar-refractivity contribution in [2.24, 2.45) is 5.14 Å². The maximum atomic E-state index is 11.3. The Morgan fingerprint density at radius 2 is 1.48 bits per heavy atom. The molecule has 0 amide bonds. The van der Waals surface area contributed by atoms with Gasteiger partial charge in [0.05, 0.1) is 15.5 Å². The maximum Gasteiger partial charge on any atom is 0.294 e. The number of fused-ring (bicyclic) bond motifs is 1. The standard InChI is InChI=1S/C16H14N2O7S2/c17-26(21,22)11-2-4-14(16(20)7-11)18-10-1-3-13-9(5-10)6-12(8-15(13)19)27(23,24)25/h1-8,18-20H,(H2,17,21,22)(H,23,24,25). The first kappa shape index (κ1) is 18.9. The molecule has 6 N–H and O–H groups in total. The monoisotopic (exact) mass is 410 g/mol. The van der Waals surface area contributed by atoms with Gasteiger partial charge in [-0.2, -0.15) is 8.42 Å². The van der Waals surface area contributed by atoms with Crippen LogP contribution < -0.4 is 10.5 Å². The molecule has 0 atom stereocenters. The summed E-state index contributed by atoms with van der Waals surface area (Å²) in [6.07, 6.45) is 0. The van der Waals surface area contributed by atoms with E-state index in [1.54, 1.807) is 6.07 Å². The van der Waals surface area contributed by atoms with E-state index in [-0.39, 0.29) is 22.1 Å².